The van der Waals surface area contributed by atoms with Crippen molar-refractivity contribution >= 4 is 11.7 Å². The lowest BCUT2D eigenvalue weighted by Gasteiger charge is -2.31. The van der Waals surface area contributed by atoms with E-state index >= 15 is 0 Å². The van der Waals surface area contributed by atoms with E-state index < -0.39 is 30.1 Å². The van der Waals surface area contributed by atoms with E-state index in [9.17, 15) is 13.6 Å². The first-order valence-corrected chi connectivity index (χ1v) is 12.5. The third-order valence-electron chi connectivity index (χ3n) is 7.01. The van der Waals surface area contributed by atoms with Crippen LogP contribution in [0.5, 0.6) is 5.75 Å². The lowest BCUT2D eigenvalue weighted by Crippen LogP contribution is -2.37. The maximum absolute atomic E-state index is 13.7. The van der Waals surface area contributed by atoms with Gasteiger partial charge in [0.25, 0.3) is 0 Å². The van der Waals surface area contributed by atoms with Crippen LogP contribution >= 0.6 is 0 Å². The maximum Gasteiger partial charge on any atom is 0.314 e. The summed E-state index contributed by atoms with van der Waals surface area (Å²) in [5, 5.41) is 1.67. The van der Waals surface area contributed by atoms with E-state index in [0.29, 0.717) is 30.0 Å². The third-order valence-corrected chi connectivity index (χ3v) is 7.01. The van der Waals surface area contributed by atoms with Gasteiger partial charge in [-0.15, -0.1) is 0 Å². The highest BCUT2D eigenvalue weighted by Crippen LogP contribution is 2.49. The van der Waals surface area contributed by atoms with Crippen LogP contribution in [0, 0.1) is 17.6 Å². The van der Waals surface area contributed by atoms with Crippen molar-refractivity contribution in [1.82, 2.24) is 0 Å². The van der Waals surface area contributed by atoms with E-state index in [2.05, 4.69) is 0 Å². The molecule has 192 valence electrons. The third kappa shape index (κ3) is 4.85. The molecular formula is C31H25F2NO4. The number of fused-ring (bicyclic) bond motifs is 1. The second kappa shape index (κ2) is 10.3. The molecule has 0 N–H and O–H groups in total. The van der Waals surface area contributed by atoms with Crippen molar-refractivity contribution in [3.05, 3.63) is 131 Å². The molecule has 4 aromatic carbocycles. The Hall–Kier alpha value is -4.23. The van der Waals surface area contributed by atoms with Gasteiger partial charge in [0.1, 0.15) is 42.1 Å². The Morgan fingerprint density at radius 2 is 1.42 bits per heavy atom. The first-order chi connectivity index (χ1) is 18.5. The molecule has 0 spiro atoms. The Kier molecular flexibility index (Phi) is 6.52. The molecule has 2 fully saturated rings. The van der Waals surface area contributed by atoms with Crippen molar-refractivity contribution < 1.29 is 27.9 Å². The van der Waals surface area contributed by atoms with Gasteiger partial charge in [0.2, 0.25) is 0 Å². The van der Waals surface area contributed by atoms with Crippen LogP contribution in [0.2, 0.25) is 0 Å². The zero-order valence-corrected chi connectivity index (χ0v) is 20.4. The summed E-state index contributed by atoms with van der Waals surface area (Å²) >= 11 is 0. The van der Waals surface area contributed by atoms with Gasteiger partial charge in [0.15, 0.2) is 0 Å². The standard InChI is InChI=1S/C31H25F2NO4/c32-23-10-6-21(7-11-23)27-18-28-29(31(35)37-27)30(34(38-28)25-14-12-24(33)13-15-25)22-8-16-26(17-9-22)36-19-20-4-2-1-3-5-20/h1-17,27-30H,18-19H2/t27-,28+,29-,30-/m1/s1. The smallest absolute Gasteiger partial charge is 0.314 e. The number of hydroxylamine groups is 1. The van der Waals surface area contributed by atoms with Crippen LogP contribution in [0.3, 0.4) is 0 Å². The number of benzene rings is 4. The van der Waals surface area contributed by atoms with E-state index in [-0.39, 0.29) is 11.6 Å². The Labute approximate surface area is 219 Å². The molecule has 7 heteroatoms. The lowest BCUT2D eigenvalue weighted by molar-refractivity contribution is -0.167. The molecule has 0 amide bonds. The molecule has 4 aromatic rings. The molecule has 0 aromatic heterocycles. The summed E-state index contributed by atoms with van der Waals surface area (Å²) in [6, 6.07) is 28.8. The van der Waals surface area contributed by atoms with Gasteiger partial charge in [-0.1, -0.05) is 54.6 Å². The number of halogens is 2. The molecule has 0 aliphatic carbocycles. The van der Waals surface area contributed by atoms with E-state index in [1.54, 1.807) is 29.3 Å². The van der Waals surface area contributed by atoms with Crippen molar-refractivity contribution in [2.75, 3.05) is 5.06 Å². The second-order valence-corrected chi connectivity index (χ2v) is 9.47. The summed E-state index contributed by atoms with van der Waals surface area (Å²) in [4.78, 5) is 19.7. The Bertz CT molecular complexity index is 1400. The molecule has 2 aliphatic rings. The number of nitrogens with zero attached hydrogens (tertiary/aromatic N) is 1. The highest BCUT2D eigenvalue weighted by atomic mass is 19.1. The fourth-order valence-electron chi connectivity index (χ4n) is 5.11. The number of carbonyl (C=O) groups excluding carboxylic acids is 1. The van der Waals surface area contributed by atoms with E-state index in [0.717, 1.165) is 11.1 Å². The van der Waals surface area contributed by atoms with Crippen LogP contribution in [0.1, 0.15) is 35.3 Å². The summed E-state index contributed by atoms with van der Waals surface area (Å²) in [6.07, 6.45) is -0.614. The van der Waals surface area contributed by atoms with Gasteiger partial charge in [-0.3, -0.25) is 9.63 Å². The summed E-state index contributed by atoms with van der Waals surface area (Å²) in [6.45, 7) is 0.441. The van der Waals surface area contributed by atoms with Crippen molar-refractivity contribution in [3.8, 4) is 5.75 Å². The number of carbonyl (C=O) groups is 1. The first-order valence-electron chi connectivity index (χ1n) is 12.5. The maximum atomic E-state index is 13.7. The predicted molar refractivity (Wildman–Crippen MR) is 137 cm³/mol. The number of cyclic esters (lactones) is 1. The van der Waals surface area contributed by atoms with Gasteiger partial charge >= 0.3 is 5.97 Å². The summed E-state index contributed by atoms with van der Waals surface area (Å²) in [5.74, 6) is -1.02. The highest BCUT2D eigenvalue weighted by Gasteiger charge is 2.53. The highest BCUT2D eigenvalue weighted by molar-refractivity contribution is 5.77. The van der Waals surface area contributed by atoms with Crippen molar-refractivity contribution in [2.45, 2.75) is 31.3 Å². The van der Waals surface area contributed by atoms with Crippen LogP contribution < -0.4 is 9.80 Å². The lowest BCUT2D eigenvalue weighted by atomic mass is 9.84. The average Bonchev–Trinajstić information content (AvgIpc) is 3.34. The summed E-state index contributed by atoms with van der Waals surface area (Å²) in [5.41, 5.74) is 3.23. The van der Waals surface area contributed by atoms with Gasteiger partial charge in [0, 0.05) is 6.42 Å². The minimum Gasteiger partial charge on any atom is -0.489 e. The molecular weight excluding hydrogens is 488 g/mol. The molecule has 0 saturated carbocycles. The fourth-order valence-corrected chi connectivity index (χ4v) is 5.11. The number of hydrogen-bond acceptors (Lipinski definition) is 5. The largest absolute Gasteiger partial charge is 0.489 e. The Morgan fingerprint density at radius 1 is 0.789 bits per heavy atom. The number of esters is 1. The quantitative estimate of drug-likeness (QED) is 0.268. The summed E-state index contributed by atoms with van der Waals surface area (Å²) < 4.78 is 38.9. The average molecular weight is 514 g/mol. The second-order valence-electron chi connectivity index (χ2n) is 9.47. The van der Waals surface area contributed by atoms with Gasteiger partial charge in [0.05, 0.1) is 11.7 Å². The minimum atomic E-state index is -0.604. The number of ether oxygens (including phenoxy) is 2. The van der Waals surface area contributed by atoms with E-state index in [1.165, 1.54) is 24.3 Å². The molecule has 0 unspecified atom stereocenters. The topological polar surface area (TPSA) is 48.0 Å². The Balaban J connectivity index is 1.27. The normalized spacial score (nSPS) is 22.6. The minimum absolute atomic E-state index is 0.357. The molecule has 2 saturated heterocycles. The van der Waals surface area contributed by atoms with Gasteiger partial charge in [-0.2, -0.15) is 0 Å². The molecule has 2 aliphatic heterocycles. The first kappa shape index (κ1) is 24.1. The van der Waals surface area contributed by atoms with Crippen LogP contribution in [0.4, 0.5) is 14.5 Å². The van der Waals surface area contributed by atoms with Crippen molar-refractivity contribution in [2.24, 2.45) is 5.92 Å². The fraction of sp³-hybridized carbons (Fsp3) is 0.194. The van der Waals surface area contributed by atoms with Gasteiger partial charge in [-0.05, 0) is 65.2 Å². The monoisotopic (exact) mass is 513 g/mol. The number of anilines is 1. The van der Waals surface area contributed by atoms with Crippen LogP contribution in [0.15, 0.2) is 103 Å². The predicted octanol–water partition coefficient (Wildman–Crippen LogP) is 6.71. The number of hydrogen-bond donors (Lipinski definition) is 0. The zero-order valence-electron chi connectivity index (χ0n) is 20.4. The molecule has 38 heavy (non-hydrogen) atoms. The SMILES string of the molecule is O=C1O[C@@H](c2ccc(F)cc2)C[C@@H]2ON(c3ccc(F)cc3)[C@H](c3ccc(OCc4ccccc4)cc3)[C@H]12. The molecule has 4 atom stereocenters. The van der Waals surface area contributed by atoms with Crippen molar-refractivity contribution in [1.29, 1.82) is 0 Å². The molecule has 5 nitrogen and oxygen atoms in total. The summed E-state index contributed by atoms with van der Waals surface area (Å²) in [7, 11) is 0. The van der Waals surface area contributed by atoms with Crippen molar-refractivity contribution in [3.63, 3.8) is 0 Å². The van der Waals surface area contributed by atoms with Gasteiger partial charge < -0.3 is 9.47 Å². The molecule has 0 bridgehead atoms. The van der Waals surface area contributed by atoms with E-state index in [4.69, 9.17) is 14.3 Å². The number of rotatable bonds is 6. The molecule has 2 heterocycles. The molecule has 6 rings (SSSR count). The van der Waals surface area contributed by atoms with Crippen LogP contribution in [-0.2, 0) is 21.0 Å². The zero-order chi connectivity index (χ0) is 26.1. The van der Waals surface area contributed by atoms with Crippen LogP contribution in [-0.4, -0.2) is 12.1 Å². The molecule has 0 radical (unpaired) electrons. The van der Waals surface area contributed by atoms with Crippen LogP contribution in [0.25, 0.3) is 0 Å². The van der Waals surface area contributed by atoms with Gasteiger partial charge in [-0.25, -0.2) is 13.8 Å². The Morgan fingerprint density at radius 3 is 2.11 bits per heavy atom. The van der Waals surface area contributed by atoms with E-state index in [1.807, 2.05) is 54.6 Å².